The number of aromatic nitrogens is 1. The van der Waals surface area contributed by atoms with E-state index in [0.717, 1.165) is 40.8 Å². The number of hydrogen-bond donors (Lipinski definition) is 3. The number of benzene rings is 1. The van der Waals surface area contributed by atoms with Crippen molar-refractivity contribution in [3.05, 3.63) is 42.2 Å². The van der Waals surface area contributed by atoms with Crippen LogP contribution < -0.4 is 16.8 Å². The summed E-state index contributed by atoms with van der Waals surface area (Å²) in [7, 11) is 1.71. The van der Waals surface area contributed by atoms with Crippen molar-refractivity contribution in [1.29, 1.82) is 0 Å². The Hall–Kier alpha value is -2.40. The molecule has 5 N–H and O–H groups in total. The molecule has 0 saturated carbocycles. The van der Waals surface area contributed by atoms with Crippen LogP contribution in [0, 0.1) is 0 Å². The van der Waals surface area contributed by atoms with Crippen LogP contribution in [0.1, 0.15) is 12.1 Å². The van der Waals surface area contributed by atoms with Crippen molar-refractivity contribution < 1.29 is 0 Å². The Morgan fingerprint density at radius 2 is 2.19 bits per heavy atom. The number of aliphatic imine (C=N–C) groups is 1. The Morgan fingerprint density at radius 3 is 2.90 bits per heavy atom. The van der Waals surface area contributed by atoms with Crippen LogP contribution in [0.3, 0.4) is 0 Å². The van der Waals surface area contributed by atoms with E-state index in [9.17, 15) is 0 Å². The first-order chi connectivity index (χ1) is 10.3. The highest BCUT2D eigenvalue weighted by molar-refractivity contribution is 6.10. The molecule has 2 aromatic rings. The van der Waals surface area contributed by atoms with Gasteiger partial charge in [0, 0.05) is 42.7 Å². The van der Waals surface area contributed by atoms with Crippen LogP contribution in [0.15, 0.2) is 41.5 Å². The third kappa shape index (κ3) is 3.58. The number of allylic oxidation sites excluding steroid dienone is 1. The summed E-state index contributed by atoms with van der Waals surface area (Å²) in [6.45, 7) is 1.49. The van der Waals surface area contributed by atoms with Gasteiger partial charge < -0.3 is 16.8 Å². The summed E-state index contributed by atoms with van der Waals surface area (Å²) in [4.78, 5) is 8.67. The molecule has 0 spiro atoms. The maximum Gasteiger partial charge on any atom is 0.0760 e. The lowest BCUT2D eigenvalue weighted by atomic mass is 10.1. The quantitative estimate of drug-likeness (QED) is 0.558. The number of para-hydroxylation sites is 1. The van der Waals surface area contributed by atoms with E-state index in [4.69, 9.17) is 11.5 Å². The molecule has 0 amide bonds. The van der Waals surface area contributed by atoms with Crippen LogP contribution in [0.2, 0.25) is 0 Å². The second-order valence-corrected chi connectivity index (χ2v) is 4.65. The zero-order chi connectivity index (χ0) is 15.1. The fourth-order valence-electron chi connectivity index (χ4n) is 2.13. The molecule has 2 rings (SSSR count). The molecule has 1 aromatic heterocycles. The van der Waals surface area contributed by atoms with E-state index in [2.05, 4.69) is 21.4 Å². The first-order valence-corrected chi connectivity index (χ1v) is 6.98. The van der Waals surface area contributed by atoms with Crippen molar-refractivity contribution in [3.63, 3.8) is 0 Å². The molecule has 0 unspecified atom stereocenters. The standard InChI is InChI=1S/C16H21N5/c1-19-11-12(10-18)15-9-16(20-8-4-7-17)13-5-2-3-6-14(13)21-15/h2-3,5-6,9-11H,4,7-8,17-18H2,1H3,(H,20,21). The molecule has 0 aliphatic carbocycles. The highest BCUT2D eigenvalue weighted by atomic mass is 14.9. The van der Waals surface area contributed by atoms with Crippen LogP contribution >= 0.6 is 0 Å². The van der Waals surface area contributed by atoms with E-state index in [1.54, 1.807) is 13.3 Å². The minimum absolute atomic E-state index is 0.666. The molecule has 1 aromatic carbocycles. The molecule has 21 heavy (non-hydrogen) atoms. The fourth-order valence-corrected chi connectivity index (χ4v) is 2.13. The molecule has 1 heterocycles. The Balaban J connectivity index is 2.48. The van der Waals surface area contributed by atoms with E-state index in [0.29, 0.717) is 6.54 Å². The number of nitrogens with two attached hydrogens (primary N) is 2. The van der Waals surface area contributed by atoms with Gasteiger partial charge in [-0.1, -0.05) is 18.2 Å². The van der Waals surface area contributed by atoms with Gasteiger partial charge in [-0.25, -0.2) is 4.98 Å². The summed E-state index contributed by atoms with van der Waals surface area (Å²) >= 11 is 0. The maximum atomic E-state index is 5.68. The highest BCUT2D eigenvalue weighted by Gasteiger charge is 2.07. The zero-order valence-corrected chi connectivity index (χ0v) is 12.2. The predicted molar refractivity (Wildman–Crippen MR) is 90.5 cm³/mol. The van der Waals surface area contributed by atoms with Gasteiger partial charge in [0.1, 0.15) is 0 Å². The van der Waals surface area contributed by atoms with Gasteiger partial charge in [-0.2, -0.15) is 0 Å². The van der Waals surface area contributed by atoms with Gasteiger partial charge >= 0.3 is 0 Å². The lowest BCUT2D eigenvalue weighted by Crippen LogP contribution is -2.09. The number of pyridine rings is 1. The topological polar surface area (TPSA) is 89.3 Å². The summed E-state index contributed by atoms with van der Waals surface area (Å²) in [5, 5.41) is 4.50. The highest BCUT2D eigenvalue weighted by Crippen LogP contribution is 2.25. The van der Waals surface area contributed by atoms with Crippen LogP contribution in [-0.2, 0) is 0 Å². The number of hydrogen-bond acceptors (Lipinski definition) is 5. The summed E-state index contributed by atoms with van der Waals surface area (Å²) in [6.07, 6.45) is 4.15. The van der Waals surface area contributed by atoms with Crippen LogP contribution in [-0.4, -0.2) is 31.3 Å². The van der Waals surface area contributed by atoms with Crippen LogP contribution in [0.4, 0.5) is 5.69 Å². The Kier molecular flexibility index (Phi) is 5.29. The van der Waals surface area contributed by atoms with Crippen LogP contribution in [0.25, 0.3) is 16.5 Å². The van der Waals surface area contributed by atoms with Crippen molar-refractivity contribution in [2.45, 2.75) is 6.42 Å². The molecule has 0 aliphatic rings. The van der Waals surface area contributed by atoms with Gasteiger partial charge in [0.05, 0.1) is 11.2 Å². The number of anilines is 1. The first-order valence-electron chi connectivity index (χ1n) is 6.98. The molecular formula is C16H21N5. The monoisotopic (exact) mass is 283 g/mol. The summed E-state index contributed by atoms with van der Waals surface area (Å²) in [5.41, 5.74) is 14.8. The zero-order valence-electron chi connectivity index (χ0n) is 12.2. The van der Waals surface area contributed by atoms with E-state index in [-0.39, 0.29) is 0 Å². The molecule has 0 atom stereocenters. The van der Waals surface area contributed by atoms with Gasteiger partial charge in [0.25, 0.3) is 0 Å². The first kappa shape index (κ1) is 15.0. The Morgan fingerprint density at radius 1 is 1.38 bits per heavy atom. The lowest BCUT2D eigenvalue weighted by Gasteiger charge is -2.12. The number of nitrogens with zero attached hydrogens (tertiary/aromatic N) is 2. The van der Waals surface area contributed by atoms with Crippen molar-refractivity contribution in [2.75, 3.05) is 25.5 Å². The van der Waals surface area contributed by atoms with Gasteiger partial charge in [0.2, 0.25) is 0 Å². The summed E-state index contributed by atoms with van der Waals surface area (Å²) in [5.74, 6) is 0. The minimum Gasteiger partial charge on any atom is -0.404 e. The largest absolute Gasteiger partial charge is 0.404 e. The lowest BCUT2D eigenvalue weighted by molar-refractivity contribution is 0.875. The van der Waals surface area contributed by atoms with E-state index in [1.165, 1.54) is 6.20 Å². The van der Waals surface area contributed by atoms with E-state index >= 15 is 0 Å². The van der Waals surface area contributed by atoms with Gasteiger partial charge in [-0.15, -0.1) is 0 Å². The number of nitrogens with one attached hydrogen (secondary N) is 1. The van der Waals surface area contributed by atoms with Gasteiger partial charge in [0.15, 0.2) is 0 Å². The molecular weight excluding hydrogens is 262 g/mol. The SMILES string of the molecule is CN=CC(=CN)c1cc(NCCCN)c2ccccc2n1. The van der Waals surface area contributed by atoms with Crippen molar-refractivity contribution in [2.24, 2.45) is 16.5 Å². The molecule has 0 aliphatic heterocycles. The molecule has 5 nitrogen and oxygen atoms in total. The van der Waals surface area contributed by atoms with Crippen LogP contribution in [0.5, 0.6) is 0 Å². The van der Waals surface area contributed by atoms with Gasteiger partial charge in [-0.05, 0) is 25.1 Å². The average Bonchev–Trinajstić information content (AvgIpc) is 2.52. The van der Waals surface area contributed by atoms with E-state index < -0.39 is 0 Å². The predicted octanol–water partition coefficient (Wildman–Crippen LogP) is 2.00. The van der Waals surface area contributed by atoms with Gasteiger partial charge in [-0.3, -0.25) is 4.99 Å². The Labute approximate surface area is 124 Å². The van der Waals surface area contributed by atoms with Crippen molar-refractivity contribution in [1.82, 2.24) is 4.98 Å². The Bertz CT molecular complexity index is 661. The van der Waals surface area contributed by atoms with E-state index in [1.807, 2.05) is 24.3 Å². The second kappa shape index (κ2) is 7.40. The molecule has 0 radical (unpaired) electrons. The molecule has 0 fully saturated rings. The average molecular weight is 283 g/mol. The number of fused-ring (bicyclic) bond motifs is 1. The van der Waals surface area contributed by atoms with Crippen molar-refractivity contribution >= 4 is 28.4 Å². The smallest absolute Gasteiger partial charge is 0.0760 e. The molecule has 5 heteroatoms. The normalized spacial score (nSPS) is 12.2. The molecule has 0 saturated heterocycles. The van der Waals surface area contributed by atoms with Crippen molar-refractivity contribution in [3.8, 4) is 0 Å². The molecule has 0 bridgehead atoms. The summed E-state index contributed by atoms with van der Waals surface area (Å²) in [6, 6.07) is 10.0. The molecule has 110 valence electrons. The summed E-state index contributed by atoms with van der Waals surface area (Å²) < 4.78 is 0. The number of rotatable bonds is 6. The maximum absolute atomic E-state index is 5.68. The fraction of sp³-hybridized carbons (Fsp3) is 0.250. The third-order valence-corrected chi connectivity index (χ3v) is 3.16. The minimum atomic E-state index is 0.666. The second-order valence-electron chi connectivity index (χ2n) is 4.65. The third-order valence-electron chi connectivity index (χ3n) is 3.16.